The summed E-state index contributed by atoms with van der Waals surface area (Å²) in [7, 11) is 0. The molecule has 0 aromatic heterocycles. The molecule has 0 spiro atoms. The Labute approximate surface area is 94.8 Å². The number of alkyl halides is 3. The number of rotatable bonds is 4. The Bertz CT molecular complexity index is 375. The van der Waals surface area contributed by atoms with E-state index >= 15 is 0 Å². The molecule has 7 heteroatoms. The summed E-state index contributed by atoms with van der Waals surface area (Å²) in [6.07, 6.45) is -4.53. The van der Waals surface area contributed by atoms with Crippen LogP contribution in [0, 0.1) is 5.82 Å². The fourth-order valence-corrected chi connectivity index (χ4v) is 1.07. The molecule has 94 valence electrons. The van der Waals surface area contributed by atoms with Crippen LogP contribution in [0.5, 0.6) is 0 Å². The molecule has 2 N–H and O–H groups in total. The maximum atomic E-state index is 12.5. The molecule has 1 aromatic carbocycles. The average Bonchev–Trinajstić information content (AvgIpc) is 2.25. The van der Waals surface area contributed by atoms with Gasteiger partial charge >= 0.3 is 12.1 Å². The first-order valence-corrected chi connectivity index (χ1v) is 4.74. The molecule has 0 unspecified atom stereocenters. The normalized spacial score (nSPS) is 11.3. The van der Waals surface area contributed by atoms with Crippen LogP contribution in [0.2, 0.25) is 0 Å². The quantitative estimate of drug-likeness (QED) is 0.483. The zero-order chi connectivity index (χ0) is 12.9. The van der Waals surface area contributed by atoms with E-state index in [0.29, 0.717) is 6.42 Å². The molecule has 1 amide bonds. The van der Waals surface area contributed by atoms with E-state index in [2.05, 4.69) is 5.43 Å². The van der Waals surface area contributed by atoms with Crippen molar-refractivity contribution < 1.29 is 22.4 Å². The van der Waals surface area contributed by atoms with Gasteiger partial charge in [0.2, 0.25) is 0 Å². The van der Waals surface area contributed by atoms with Gasteiger partial charge in [-0.15, -0.1) is 0 Å². The molecule has 0 aliphatic carbocycles. The highest BCUT2D eigenvalue weighted by molar-refractivity contribution is 5.81. The molecule has 0 fully saturated rings. The molecule has 3 nitrogen and oxygen atoms in total. The Balaban J connectivity index is 2.25. The minimum absolute atomic E-state index is 0.119. The van der Waals surface area contributed by atoms with Gasteiger partial charge in [-0.1, -0.05) is 12.1 Å². The molecule has 0 radical (unpaired) electrons. The number of nitrogens with one attached hydrogen (secondary N) is 2. The van der Waals surface area contributed by atoms with E-state index in [1.807, 2.05) is 0 Å². The highest BCUT2D eigenvalue weighted by atomic mass is 19.4. The van der Waals surface area contributed by atoms with Crippen LogP contribution in [0.1, 0.15) is 5.56 Å². The van der Waals surface area contributed by atoms with E-state index in [4.69, 9.17) is 0 Å². The van der Waals surface area contributed by atoms with Crippen molar-refractivity contribution in [1.29, 1.82) is 0 Å². The number of amides is 1. The van der Waals surface area contributed by atoms with Gasteiger partial charge in [0.15, 0.2) is 0 Å². The molecule has 0 heterocycles. The van der Waals surface area contributed by atoms with Gasteiger partial charge in [0.05, 0.1) is 0 Å². The zero-order valence-corrected chi connectivity index (χ0v) is 8.64. The van der Waals surface area contributed by atoms with Crippen molar-refractivity contribution in [3.8, 4) is 0 Å². The van der Waals surface area contributed by atoms with Gasteiger partial charge in [-0.25, -0.2) is 9.82 Å². The molecule has 1 rings (SSSR count). The molecule has 0 aliphatic rings. The monoisotopic (exact) mass is 250 g/mol. The second kappa shape index (κ2) is 5.62. The molecule has 1 aromatic rings. The van der Waals surface area contributed by atoms with Crippen LogP contribution < -0.4 is 10.9 Å². The van der Waals surface area contributed by atoms with E-state index < -0.39 is 12.1 Å². The second-order valence-corrected chi connectivity index (χ2v) is 3.26. The van der Waals surface area contributed by atoms with Crippen LogP contribution in [0.3, 0.4) is 0 Å². The third kappa shape index (κ3) is 4.81. The Morgan fingerprint density at radius 2 is 1.76 bits per heavy atom. The number of hydrogen-bond acceptors (Lipinski definition) is 2. The summed E-state index contributed by atoms with van der Waals surface area (Å²) < 4.78 is 47.8. The van der Waals surface area contributed by atoms with Crippen LogP contribution in [0.15, 0.2) is 24.3 Å². The minimum atomic E-state index is -4.90. The van der Waals surface area contributed by atoms with Crippen molar-refractivity contribution >= 4 is 5.91 Å². The average molecular weight is 250 g/mol. The van der Waals surface area contributed by atoms with Crippen LogP contribution >= 0.6 is 0 Å². The topological polar surface area (TPSA) is 41.1 Å². The lowest BCUT2D eigenvalue weighted by Gasteiger charge is -2.09. The van der Waals surface area contributed by atoms with Crippen molar-refractivity contribution in [1.82, 2.24) is 10.9 Å². The maximum absolute atomic E-state index is 12.5. The lowest BCUT2D eigenvalue weighted by Crippen LogP contribution is -2.45. The van der Waals surface area contributed by atoms with Gasteiger partial charge in [0, 0.05) is 6.54 Å². The van der Waals surface area contributed by atoms with Gasteiger partial charge in [-0.3, -0.25) is 10.2 Å². The van der Waals surface area contributed by atoms with Gasteiger partial charge < -0.3 is 0 Å². The Kier molecular flexibility index (Phi) is 4.45. The summed E-state index contributed by atoms with van der Waals surface area (Å²) in [5.74, 6) is -2.43. The largest absolute Gasteiger partial charge is 0.472 e. The fourth-order valence-electron chi connectivity index (χ4n) is 1.07. The van der Waals surface area contributed by atoms with Crippen molar-refractivity contribution in [2.45, 2.75) is 12.6 Å². The van der Waals surface area contributed by atoms with E-state index in [9.17, 15) is 22.4 Å². The van der Waals surface area contributed by atoms with Gasteiger partial charge in [0.25, 0.3) is 0 Å². The Morgan fingerprint density at radius 3 is 2.29 bits per heavy atom. The van der Waals surface area contributed by atoms with Crippen molar-refractivity contribution in [3.05, 3.63) is 35.6 Å². The molecular weight excluding hydrogens is 240 g/mol. The highest BCUT2D eigenvalue weighted by Gasteiger charge is 2.38. The molecule has 0 aliphatic heterocycles. The summed E-state index contributed by atoms with van der Waals surface area (Å²) in [6, 6.07) is 5.54. The van der Waals surface area contributed by atoms with Crippen molar-refractivity contribution in [2.24, 2.45) is 0 Å². The van der Waals surface area contributed by atoms with E-state index in [1.54, 1.807) is 0 Å². The second-order valence-electron chi connectivity index (χ2n) is 3.26. The molecular formula is C10H10F4N2O. The van der Waals surface area contributed by atoms with E-state index in [0.717, 1.165) is 5.56 Å². The van der Waals surface area contributed by atoms with Crippen LogP contribution in [0.25, 0.3) is 0 Å². The highest BCUT2D eigenvalue weighted by Crippen LogP contribution is 2.13. The summed E-state index contributed by atoms with van der Waals surface area (Å²) in [4.78, 5) is 10.4. The smallest absolute Gasteiger partial charge is 0.284 e. The van der Waals surface area contributed by atoms with Crippen LogP contribution in [-0.2, 0) is 11.2 Å². The van der Waals surface area contributed by atoms with Gasteiger partial charge in [-0.05, 0) is 24.1 Å². The SMILES string of the molecule is O=C(NNCCc1ccc(F)cc1)C(F)(F)F. The molecule has 0 bridgehead atoms. The van der Waals surface area contributed by atoms with E-state index in [-0.39, 0.29) is 12.4 Å². The number of benzene rings is 1. The van der Waals surface area contributed by atoms with Crippen LogP contribution in [0.4, 0.5) is 17.6 Å². The molecule has 0 saturated carbocycles. The first kappa shape index (κ1) is 13.4. The lowest BCUT2D eigenvalue weighted by molar-refractivity contribution is -0.174. The summed E-state index contributed by atoms with van der Waals surface area (Å²) in [5.41, 5.74) is 4.41. The third-order valence-electron chi connectivity index (χ3n) is 1.91. The first-order valence-electron chi connectivity index (χ1n) is 4.74. The Morgan fingerprint density at radius 1 is 1.18 bits per heavy atom. The third-order valence-corrected chi connectivity index (χ3v) is 1.91. The van der Waals surface area contributed by atoms with Gasteiger partial charge in [-0.2, -0.15) is 13.2 Å². The molecule has 0 saturated heterocycles. The predicted molar refractivity (Wildman–Crippen MR) is 52.3 cm³/mol. The molecule has 17 heavy (non-hydrogen) atoms. The number of hydrogen-bond donors (Lipinski definition) is 2. The van der Waals surface area contributed by atoms with Crippen LogP contribution in [-0.4, -0.2) is 18.6 Å². The Hall–Kier alpha value is -1.63. The standard InChI is InChI=1S/C10H10F4N2O/c11-8-3-1-7(2-4-8)5-6-15-16-9(17)10(12,13)14/h1-4,15H,5-6H2,(H,16,17). The lowest BCUT2D eigenvalue weighted by atomic mass is 10.1. The molecule has 0 atom stereocenters. The summed E-state index contributed by atoms with van der Waals surface area (Å²) >= 11 is 0. The summed E-state index contributed by atoms with van der Waals surface area (Å²) in [6.45, 7) is 0.119. The number of hydrazine groups is 1. The fraction of sp³-hybridized carbons (Fsp3) is 0.300. The predicted octanol–water partition coefficient (Wildman–Crippen LogP) is 1.55. The van der Waals surface area contributed by atoms with E-state index in [1.165, 1.54) is 29.7 Å². The summed E-state index contributed by atoms with van der Waals surface area (Å²) in [5, 5.41) is 0. The zero-order valence-electron chi connectivity index (χ0n) is 8.64. The van der Waals surface area contributed by atoms with Crippen molar-refractivity contribution in [2.75, 3.05) is 6.54 Å². The van der Waals surface area contributed by atoms with Crippen molar-refractivity contribution in [3.63, 3.8) is 0 Å². The minimum Gasteiger partial charge on any atom is -0.284 e. The first-order chi connectivity index (χ1) is 7.89. The number of carbonyl (C=O) groups is 1. The number of carbonyl (C=O) groups excluding carboxylic acids is 1. The maximum Gasteiger partial charge on any atom is 0.472 e. The number of halogens is 4. The van der Waals surface area contributed by atoms with Gasteiger partial charge in [0.1, 0.15) is 5.82 Å².